The van der Waals surface area contributed by atoms with Gasteiger partial charge in [0, 0.05) is 24.6 Å². The van der Waals surface area contributed by atoms with Crippen molar-refractivity contribution < 1.29 is 13.2 Å². The van der Waals surface area contributed by atoms with E-state index in [9.17, 15) is 8.42 Å². The SMILES string of the molecule is CNCc1sc(S(=O)(=O)NC2CCC(OC)C2)cc1C. The molecule has 2 N–H and O–H groups in total. The highest BCUT2D eigenvalue weighted by Gasteiger charge is 2.29. The van der Waals surface area contributed by atoms with Crippen molar-refractivity contribution in [3.63, 3.8) is 0 Å². The minimum absolute atomic E-state index is 0.0138. The Bertz CT molecular complexity index is 554. The van der Waals surface area contributed by atoms with Crippen LogP contribution in [0.5, 0.6) is 0 Å². The molecule has 2 atom stereocenters. The first-order chi connectivity index (χ1) is 9.46. The predicted molar refractivity (Wildman–Crippen MR) is 80.6 cm³/mol. The van der Waals surface area contributed by atoms with Crippen molar-refractivity contribution in [3.05, 3.63) is 16.5 Å². The highest BCUT2D eigenvalue weighted by Crippen LogP contribution is 2.28. The second kappa shape index (κ2) is 6.53. The molecule has 0 spiro atoms. The molecule has 20 heavy (non-hydrogen) atoms. The number of methoxy groups -OCH3 is 1. The Hall–Kier alpha value is -0.470. The molecule has 1 fully saturated rings. The van der Waals surface area contributed by atoms with Crippen LogP contribution in [0.2, 0.25) is 0 Å². The van der Waals surface area contributed by atoms with Crippen LogP contribution in [0.25, 0.3) is 0 Å². The molecule has 0 bridgehead atoms. The predicted octanol–water partition coefficient (Wildman–Crippen LogP) is 1.62. The molecule has 1 aromatic rings. The molecule has 114 valence electrons. The first-order valence-electron chi connectivity index (χ1n) is 6.75. The molecule has 0 aromatic carbocycles. The van der Waals surface area contributed by atoms with Gasteiger partial charge in [-0.1, -0.05) is 0 Å². The van der Waals surface area contributed by atoms with Gasteiger partial charge in [-0.2, -0.15) is 0 Å². The molecule has 0 aliphatic heterocycles. The molecule has 1 saturated carbocycles. The quantitative estimate of drug-likeness (QED) is 0.836. The van der Waals surface area contributed by atoms with Crippen LogP contribution in [0.15, 0.2) is 10.3 Å². The minimum Gasteiger partial charge on any atom is -0.381 e. The zero-order valence-corrected chi connectivity index (χ0v) is 13.7. The lowest BCUT2D eigenvalue weighted by molar-refractivity contribution is 0.107. The number of hydrogen-bond donors (Lipinski definition) is 2. The largest absolute Gasteiger partial charge is 0.381 e. The van der Waals surface area contributed by atoms with Crippen molar-refractivity contribution in [3.8, 4) is 0 Å². The number of nitrogens with one attached hydrogen (secondary N) is 2. The summed E-state index contributed by atoms with van der Waals surface area (Å²) >= 11 is 1.34. The van der Waals surface area contributed by atoms with Crippen LogP contribution in [0.3, 0.4) is 0 Å². The Kier molecular flexibility index (Phi) is 5.19. The van der Waals surface area contributed by atoms with E-state index in [2.05, 4.69) is 10.0 Å². The van der Waals surface area contributed by atoms with Crippen molar-refractivity contribution in [2.75, 3.05) is 14.2 Å². The van der Waals surface area contributed by atoms with Crippen LogP contribution in [0, 0.1) is 6.92 Å². The van der Waals surface area contributed by atoms with Gasteiger partial charge < -0.3 is 10.1 Å². The van der Waals surface area contributed by atoms with E-state index in [0.717, 1.165) is 29.7 Å². The van der Waals surface area contributed by atoms with Crippen LogP contribution < -0.4 is 10.0 Å². The topological polar surface area (TPSA) is 67.4 Å². The first-order valence-corrected chi connectivity index (χ1v) is 9.05. The Morgan fingerprint density at radius 3 is 2.80 bits per heavy atom. The maximum absolute atomic E-state index is 12.4. The fourth-order valence-electron chi connectivity index (χ4n) is 2.50. The van der Waals surface area contributed by atoms with Crippen molar-refractivity contribution in [1.29, 1.82) is 0 Å². The van der Waals surface area contributed by atoms with E-state index < -0.39 is 10.0 Å². The van der Waals surface area contributed by atoms with Crippen molar-refractivity contribution in [2.45, 2.75) is 49.1 Å². The Labute approximate surface area is 124 Å². The fraction of sp³-hybridized carbons (Fsp3) is 0.692. The van der Waals surface area contributed by atoms with Crippen LogP contribution in [-0.2, 0) is 21.3 Å². The van der Waals surface area contributed by atoms with E-state index >= 15 is 0 Å². The van der Waals surface area contributed by atoms with Crippen molar-refractivity contribution in [2.24, 2.45) is 0 Å². The van der Waals surface area contributed by atoms with E-state index in [1.165, 1.54) is 11.3 Å². The lowest BCUT2D eigenvalue weighted by atomic mass is 10.3. The smallest absolute Gasteiger partial charge is 0.250 e. The summed E-state index contributed by atoms with van der Waals surface area (Å²) in [7, 11) is 0.121. The number of rotatable bonds is 6. The van der Waals surface area contributed by atoms with Gasteiger partial charge in [0.2, 0.25) is 10.0 Å². The molecular weight excluding hydrogens is 296 g/mol. The van der Waals surface area contributed by atoms with Gasteiger partial charge >= 0.3 is 0 Å². The minimum atomic E-state index is -3.41. The van der Waals surface area contributed by atoms with Crippen LogP contribution in [0.1, 0.15) is 29.7 Å². The molecule has 7 heteroatoms. The fourth-order valence-corrected chi connectivity index (χ4v) is 5.40. The first kappa shape index (κ1) is 15.9. The monoisotopic (exact) mass is 318 g/mol. The van der Waals surface area contributed by atoms with E-state index in [-0.39, 0.29) is 12.1 Å². The zero-order chi connectivity index (χ0) is 14.8. The average Bonchev–Trinajstić information content (AvgIpc) is 2.97. The van der Waals surface area contributed by atoms with Crippen LogP contribution in [-0.4, -0.2) is 34.7 Å². The highest BCUT2D eigenvalue weighted by molar-refractivity contribution is 7.91. The summed E-state index contributed by atoms with van der Waals surface area (Å²) in [5.74, 6) is 0. The Morgan fingerprint density at radius 2 is 2.20 bits per heavy atom. The summed E-state index contributed by atoms with van der Waals surface area (Å²) in [5.41, 5.74) is 1.02. The molecule has 0 saturated heterocycles. The van der Waals surface area contributed by atoms with E-state index in [1.807, 2.05) is 14.0 Å². The summed E-state index contributed by atoms with van der Waals surface area (Å²) in [5, 5.41) is 3.05. The molecular formula is C13H22N2O3S2. The number of hydrogen-bond acceptors (Lipinski definition) is 5. The number of thiophene rings is 1. The molecule has 0 amide bonds. The van der Waals surface area contributed by atoms with Gasteiger partial charge in [0.15, 0.2) is 0 Å². The standard InChI is InChI=1S/C13H22N2O3S2/c1-9-6-13(19-12(9)8-14-2)20(16,17)15-10-4-5-11(7-10)18-3/h6,10-11,14-15H,4-5,7-8H2,1-3H3. The van der Waals surface area contributed by atoms with Crippen LogP contribution >= 0.6 is 11.3 Å². The van der Waals surface area contributed by atoms with E-state index in [4.69, 9.17) is 4.74 Å². The van der Waals surface area contributed by atoms with Crippen molar-refractivity contribution in [1.82, 2.24) is 10.0 Å². The maximum atomic E-state index is 12.4. The summed E-state index contributed by atoms with van der Waals surface area (Å²) in [6.45, 7) is 2.64. The molecule has 5 nitrogen and oxygen atoms in total. The molecule has 1 heterocycles. The van der Waals surface area contributed by atoms with Gasteiger partial charge in [0.1, 0.15) is 4.21 Å². The average molecular weight is 318 g/mol. The van der Waals surface area contributed by atoms with Gasteiger partial charge in [-0.05, 0) is 44.9 Å². The van der Waals surface area contributed by atoms with Gasteiger partial charge in [0.05, 0.1) is 6.10 Å². The maximum Gasteiger partial charge on any atom is 0.250 e. The zero-order valence-electron chi connectivity index (χ0n) is 12.1. The lowest BCUT2D eigenvalue weighted by Gasteiger charge is -2.12. The molecule has 1 aliphatic carbocycles. The molecule has 2 unspecified atom stereocenters. The lowest BCUT2D eigenvalue weighted by Crippen LogP contribution is -2.33. The second-order valence-electron chi connectivity index (χ2n) is 5.19. The molecule has 1 aliphatic rings. The number of aryl methyl sites for hydroxylation is 1. The van der Waals surface area contributed by atoms with Crippen LogP contribution in [0.4, 0.5) is 0 Å². The molecule has 0 radical (unpaired) electrons. The van der Waals surface area contributed by atoms with Crippen molar-refractivity contribution >= 4 is 21.4 Å². The summed E-state index contributed by atoms with van der Waals surface area (Å²) in [6, 6.07) is 1.74. The summed E-state index contributed by atoms with van der Waals surface area (Å²) in [4.78, 5) is 1.06. The Balaban J connectivity index is 2.08. The van der Waals surface area contributed by atoms with Gasteiger partial charge in [-0.15, -0.1) is 11.3 Å². The van der Waals surface area contributed by atoms with E-state index in [1.54, 1.807) is 13.2 Å². The summed E-state index contributed by atoms with van der Waals surface area (Å²) in [6.07, 6.45) is 2.68. The number of ether oxygens (including phenoxy) is 1. The third-order valence-corrected chi connectivity index (χ3v) is 6.87. The molecule has 2 rings (SSSR count). The Morgan fingerprint density at radius 1 is 1.45 bits per heavy atom. The third kappa shape index (κ3) is 3.59. The third-order valence-electron chi connectivity index (χ3n) is 3.64. The van der Waals surface area contributed by atoms with E-state index in [0.29, 0.717) is 10.8 Å². The summed E-state index contributed by atoms with van der Waals surface area (Å²) < 4.78 is 33.3. The second-order valence-corrected chi connectivity index (χ2v) is 8.27. The number of sulfonamides is 1. The molecule has 1 aromatic heterocycles. The highest BCUT2D eigenvalue weighted by atomic mass is 32.2. The normalized spacial score (nSPS) is 23.4. The van der Waals surface area contributed by atoms with Gasteiger partial charge in [0.25, 0.3) is 0 Å². The van der Waals surface area contributed by atoms with Gasteiger partial charge in [-0.3, -0.25) is 0 Å². The van der Waals surface area contributed by atoms with Gasteiger partial charge in [-0.25, -0.2) is 13.1 Å².